The van der Waals surface area contributed by atoms with E-state index >= 15 is 0 Å². The Morgan fingerprint density at radius 1 is 1.48 bits per heavy atom. The number of aromatic nitrogens is 3. The van der Waals surface area contributed by atoms with Crippen LogP contribution in [-0.2, 0) is 4.74 Å². The van der Waals surface area contributed by atoms with Crippen molar-refractivity contribution in [2.24, 2.45) is 0 Å². The van der Waals surface area contributed by atoms with Crippen molar-refractivity contribution in [3.05, 3.63) is 28.7 Å². The molecule has 0 saturated carbocycles. The molecule has 2 aromatic rings. The summed E-state index contributed by atoms with van der Waals surface area (Å²) in [6.45, 7) is 1.05. The number of carbonyl (C=O) groups is 1. The molecule has 0 bridgehead atoms. The van der Waals surface area contributed by atoms with Crippen LogP contribution in [-0.4, -0.2) is 57.4 Å². The highest BCUT2D eigenvalue weighted by molar-refractivity contribution is 6.36. The van der Waals surface area contributed by atoms with Gasteiger partial charge in [0, 0.05) is 18.9 Å². The fourth-order valence-corrected chi connectivity index (χ4v) is 2.57. The van der Waals surface area contributed by atoms with Gasteiger partial charge in [0.2, 0.25) is 0 Å². The zero-order chi connectivity index (χ0) is 16.8. The Hall–Kier alpha value is -1.87. The van der Waals surface area contributed by atoms with Gasteiger partial charge in [0.05, 0.1) is 13.2 Å². The molecule has 3 rings (SSSR count). The molecule has 1 amide bonds. The van der Waals surface area contributed by atoms with Crippen molar-refractivity contribution < 1.29 is 22.7 Å². The van der Waals surface area contributed by atoms with Crippen LogP contribution in [0.2, 0.25) is 5.02 Å². The molecular formula is C13H12ClF3N4O2. The molecular weight excluding hydrogens is 337 g/mol. The van der Waals surface area contributed by atoms with E-state index in [-0.39, 0.29) is 29.5 Å². The van der Waals surface area contributed by atoms with Crippen LogP contribution in [0.3, 0.4) is 0 Å². The Labute approximate surface area is 133 Å². The Kier molecular flexibility index (Phi) is 3.93. The Morgan fingerprint density at radius 3 is 2.91 bits per heavy atom. The van der Waals surface area contributed by atoms with Crippen molar-refractivity contribution in [2.75, 3.05) is 19.7 Å². The van der Waals surface area contributed by atoms with Gasteiger partial charge in [0.1, 0.15) is 5.02 Å². The minimum atomic E-state index is -4.53. The standard InChI is InChI=1S/C13H12ClF3N4O2/c1-7-4-18-11-9(14)10(19-21(11)5-7)12(22)20-2-3-23-8(6-20)13(15,16)17/h4-5,8H,2-3,6H2,1H3. The first-order valence-corrected chi connectivity index (χ1v) is 7.13. The van der Waals surface area contributed by atoms with Crippen molar-refractivity contribution in [1.82, 2.24) is 19.5 Å². The van der Waals surface area contributed by atoms with E-state index in [2.05, 4.69) is 14.8 Å². The van der Waals surface area contributed by atoms with Crippen LogP contribution >= 0.6 is 11.6 Å². The smallest absolute Gasteiger partial charge is 0.365 e. The Balaban J connectivity index is 1.89. The van der Waals surface area contributed by atoms with Gasteiger partial charge in [-0.25, -0.2) is 9.50 Å². The summed E-state index contributed by atoms with van der Waals surface area (Å²) < 4.78 is 44.3. The minimum absolute atomic E-state index is 0.0186. The van der Waals surface area contributed by atoms with Gasteiger partial charge in [-0.15, -0.1) is 0 Å². The van der Waals surface area contributed by atoms with Crippen molar-refractivity contribution in [3.8, 4) is 0 Å². The third kappa shape index (κ3) is 2.98. The second-order valence-electron chi connectivity index (χ2n) is 5.21. The number of nitrogens with zero attached hydrogens (tertiary/aromatic N) is 4. The maximum Gasteiger partial charge on any atom is 0.416 e. The van der Waals surface area contributed by atoms with E-state index in [0.29, 0.717) is 0 Å². The largest absolute Gasteiger partial charge is 0.416 e. The molecule has 0 N–H and O–H groups in total. The molecule has 1 atom stereocenters. The average Bonchev–Trinajstić information content (AvgIpc) is 2.82. The van der Waals surface area contributed by atoms with Gasteiger partial charge in [-0.3, -0.25) is 4.79 Å². The fraction of sp³-hybridized carbons (Fsp3) is 0.462. The molecule has 1 aliphatic rings. The van der Waals surface area contributed by atoms with Crippen LogP contribution in [0.15, 0.2) is 12.4 Å². The summed E-state index contributed by atoms with van der Waals surface area (Å²) >= 11 is 6.10. The van der Waals surface area contributed by atoms with E-state index < -0.39 is 24.7 Å². The molecule has 1 fully saturated rings. The van der Waals surface area contributed by atoms with E-state index in [1.807, 2.05) is 0 Å². The quantitative estimate of drug-likeness (QED) is 0.792. The van der Waals surface area contributed by atoms with E-state index in [0.717, 1.165) is 10.5 Å². The zero-order valence-electron chi connectivity index (χ0n) is 12.0. The number of amides is 1. The number of halogens is 4. The maximum absolute atomic E-state index is 12.8. The van der Waals surface area contributed by atoms with E-state index in [4.69, 9.17) is 11.6 Å². The third-order valence-electron chi connectivity index (χ3n) is 3.47. The highest BCUT2D eigenvalue weighted by Gasteiger charge is 2.44. The van der Waals surface area contributed by atoms with E-state index in [1.165, 1.54) is 4.52 Å². The number of hydrogen-bond donors (Lipinski definition) is 0. The van der Waals surface area contributed by atoms with Crippen molar-refractivity contribution in [2.45, 2.75) is 19.2 Å². The van der Waals surface area contributed by atoms with Crippen LogP contribution in [0.25, 0.3) is 5.65 Å². The number of ether oxygens (including phenoxy) is 1. The van der Waals surface area contributed by atoms with Gasteiger partial charge in [0.15, 0.2) is 17.4 Å². The molecule has 0 spiro atoms. The zero-order valence-corrected chi connectivity index (χ0v) is 12.7. The lowest BCUT2D eigenvalue weighted by atomic mass is 10.2. The molecule has 0 radical (unpaired) electrons. The monoisotopic (exact) mass is 348 g/mol. The summed E-state index contributed by atoms with van der Waals surface area (Å²) in [5.41, 5.74) is 0.966. The Bertz CT molecular complexity index is 761. The predicted molar refractivity (Wildman–Crippen MR) is 74.4 cm³/mol. The molecule has 23 heavy (non-hydrogen) atoms. The number of aryl methyl sites for hydroxylation is 1. The summed E-state index contributed by atoms with van der Waals surface area (Å²) in [6, 6.07) is 0. The molecule has 0 aliphatic carbocycles. The average molecular weight is 349 g/mol. The van der Waals surface area contributed by atoms with E-state index in [9.17, 15) is 18.0 Å². The first-order chi connectivity index (χ1) is 10.8. The molecule has 1 unspecified atom stereocenters. The SMILES string of the molecule is Cc1cnc2c(Cl)c(C(=O)N3CCOC(C(F)(F)F)C3)nn2c1. The Morgan fingerprint density at radius 2 is 2.22 bits per heavy atom. The topological polar surface area (TPSA) is 59.7 Å². The predicted octanol–water partition coefficient (Wildman–Crippen LogP) is 2.09. The maximum atomic E-state index is 12.8. The van der Waals surface area contributed by atoms with Crippen molar-refractivity contribution >= 4 is 23.2 Å². The third-order valence-corrected chi connectivity index (χ3v) is 3.81. The van der Waals surface area contributed by atoms with Crippen LogP contribution in [0, 0.1) is 6.92 Å². The number of rotatable bonds is 1. The summed E-state index contributed by atoms with van der Waals surface area (Å²) in [5.74, 6) is -0.671. The molecule has 1 aliphatic heterocycles. The van der Waals surface area contributed by atoms with Crippen LogP contribution in [0.1, 0.15) is 16.1 Å². The summed E-state index contributed by atoms with van der Waals surface area (Å²) in [6.07, 6.45) is -3.34. The second-order valence-corrected chi connectivity index (χ2v) is 5.59. The molecule has 2 aromatic heterocycles. The summed E-state index contributed by atoms with van der Waals surface area (Å²) in [4.78, 5) is 17.6. The fourth-order valence-electron chi connectivity index (χ4n) is 2.32. The molecule has 10 heteroatoms. The second kappa shape index (κ2) is 5.64. The van der Waals surface area contributed by atoms with Crippen LogP contribution in [0.5, 0.6) is 0 Å². The number of hydrogen-bond acceptors (Lipinski definition) is 4. The summed E-state index contributed by atoms with van der Waals surface area (Å²) in [5, 5.41) is 4.06. The van der Waals surface area contributed by atoms with Crippen LogP contribution < -0.4 is 0 Å². The highest BCUT2D eigenvalue weighted by Crippen LogP contribution is 2.27. The molecule has 6 nitrogen and oxygen atoms in total. The number of carbonyl (C=O) groups excluding carboxylic acids is 1. The lowest BCUT2D eigenvalue weighted by Gasteiger charge is -2.33. The van der Waals surface area contributed by atoms with Gasteiger partial charge < -0.3 is 9.64 Å². The first kappa shape index (κ1) is 16.0. The van der Waals surface area contributed by atoms with Gasteiger partial charge >= 0.3 is 6.18 Å². The van der Waals surface area contributed by atoms with E-state index in [1.54, 1.807) is 19.3 Å². The summed E-state index contributed by atoms with van der Waals surface area (Å²) in [7, 11) is 0. The van der Waals surface area contributed by atoms with Crippen molar-refractivity contribution in [3.63, 3.8) is 0 Å². The van der Waals surface area contributed by atoms with Gasteiger partial charge in [-0.1, -0.05) is 11.6 Å². The van der Waals surface area contributed by atoms with Gasteiger partial charge in [-0.05, 0) is 12.5 Å². The van der Waals surface area contributed by atoms with Crippen molar-refractivity contribution in [1.29, 1.82) is 0 Å². The van der Waals surface area contributed by atoms with Gasteiger partial charge in [-0.2, -0.15) is 18.3 Å². The molecule has 124 valence electrons. The number of morpholine rings is 1. The number of fused-ring (bicyclic) bond motifs is 1. The normalized spacial score (nSPS) is 19.3. The van der Waals surface area contributed by atoms with Gasteiger partial charge in [0.25, 0.3) is 5.91 Å². The highest BCUT2D eigenvalue weighted by atomic mass is 35.5. The lowest BCUT2D eigenvalue weighted by Crippen LogP contribution is -2.51. The minimum Gasteiger partial charge on any atom is -0.365 e. The first-order valence-electron chi connectivity index (χ1n) is 6.75. The van der Waals surface area contributed by atoms with Crippen LogP contribution in [0.4, 0.5) is 13.2 Å². The molecule has 0 aromatic carbocycles. The lowest BCUT2D eigenvalue weighted by molar-refractivity contribution is -0.233. The molecule has 3 heterocycles. The number of alkyl halides is 3. The molecule has 1 saturated heterocycles.